The second kappa shape index (κ2) is 7.21. The lowest BCUT2D eigenvalue weighted by Gasteiger charge is -2.38. The van der Waals surface area contributed by atoms with Crippen molar-refractivity contribution < 1.29 is 14.1 Å². The van der Waals surface area contributed by atoms with Crippen molar-refractivity contribution in [2.45, 2.75) is 18.7 Å². The number of non-ortho nitro benzene ring substituents is 1. The molecule has 0 saturated heterocycles. The van der Waals surface area contributed by atoms with Crippen LogP contribution in [0.4, 0.5) is 10.1 Å². The molecule has 3 aromatic rings. The molecule has 5 rings (SSSR count). The molecule has 0 N–H and O–H groups in total. The van der Waals surface area contributed by atoms with E-state index in [1.807, 2.05) is 23.2 Å². The molecule has 0 spiro atoms. The van der Waals surface area contributed by atoms with Crippen LogP contribution >= 0.6 is 15.9 Å². The van der Waals surface area contributed by atoms with E-state index in [4.69, 9.17) is 9.84 Å². The van der Waals surface area contributed by atoms with Gasteiger partial charge in [0.1, 0.15) is 11.6 Å². The molecule has 3 aromatic carbocycles. The highest BCUT2D eigenvalue weighted by molar-refractivity contribution is 9.10. The molecule has 0 saturated carbocycles. The van der Waals surface area contributed by atoms with Crippen LogP contribution in [0.5, 0.6) is 5.75 Å². The smallest absolute Gasteiger partial charge is 0.269 e. The molecule has 0 aliphatic carbocycles. The summed E-state index contributed by atoms with van der Waals surface area (Å²) in [6, 6.07) is 18.4. The highest BCUT2D eigenvalue weighted by Crippen LogP contribution is 2.48. The van der Waals surface area contributed by atoms with Crippen molar-refractivity contribution in [2.75, 3.05) is 0 Å². The Morgan fingerprint density at radius 1 is 1.10 bits per heavy atom. The van der Waals surface area contributed by atoms with Crippen molar-refractivity contribution in [2.24, 2.45) is 5.10 Å². The highest BCUT2D eigenvalue weighted by atomic mass is 79.9. The van der Waals surface area contributed by atoms with Crippen molar-refractivity contribution >= 4 is 27.3 Å². The van der Waals surface area contributed by atoms with Crippen LogP contribution in [0.25, 0.3) is 0 Å². The van der Waals surface area contributed by atoms with Gasteiger partial charge in [-0.3, -0.25) is 10.1 Å². The SMILES string of the molecule is O=[N+]([O-])c1ccc([C@@H]2Oc3ccc(Br)cc3[C@H]3CC(c4ccc(F)cc4)=NN32)cc1. The van der Waals surface area contributed by atoms with Gasteiger partial charge in [0.25, 0.3) is 5.69 Å². The maximum absolute atomic E-state index is 13.4. The molecule has 2 atom stereocenters. The van der Waals surface area contributed by atoms with Gasteiger partial charge in [-0.15, -0.1) is 0 Å². The molecule has 2 aliphatic rings. The summed E-state index contributed by atoms with van der Waals surface area (Å²) in [6.07, 6.45) is 0.115. The number of ether oxygens (including phenoxy) is 1. The van der Waals surface area contributed by atoms with Crippen LogP contribution in [0.2, 0.25) is 0 Å². The van der Waals surface area contributed by atoms with Gasteiger partial charge < -0.3 is 4.74 Å². The third kappa shape index (κ3) is 3.23. The minimum atomic E-state index is -0.526. The molecule has 0 aromatic heterocycles. The van der Waals surface area contributed by atoms with Crippen molar-refractivity contribution in [3.63, 3.8) is 0 Å². The van der Waals surface area contributed by atoms with E-state index in [0.29, 0.717) is 6.42 Å². The van der Waals surface area contributed by atoms with Crippen molar-refractivity contribution in [1.29, 1.82) is 0 Å². The summed E-state index contributed by atoms with van der Waals surface area (Å²) in [5.41, 5.74) is 3.48. The van der Waals surface area contributed by atoms with E-state index >= 15 is 0 Å². The minimum Gasteiger partial charge on any atom is -0.464 e. The molecule has 0 fully saturated rings. The van der Waals surface area contributed by atoms with Gasteiger partial charge in [-0.25, -0.2) is 9.40 Å². The average molecular weight is 468 g/mol. The predicted octanol–water partition coefficient (Wildman–Crippen LogP) is 5.74. The summed E-state index contributed by atoms with van der Waals surface area (Å²) in [6.45, 7) is 0. The summed E-state index contributed by atoms with van der Waals surface area (Å²) in [5.74, 6) is 0.454. The summed E-state index contributed by atoms with van der Waals surface area (Å²) in [5, 5.41) is 17.7. The fourth-order valence-corrected chi connectivity index (χ4v) is 4.23. The zero-order valence-corrected chi connectivity index (χ0v) is 17.1. The summed E-state index contributed by atoms with van der Waals surface area (Å²) in [4.78, 5) is 10.6. The largest absolute Gasteiger partial charge is 0.464 e. The summed E-state index contributed by atoms with van der Waals surface area (Å²) >= 11 is 3.52. The number of nitro groups is 1. The number of hydrogen-bond acceptors (Lipinski definition) is 5. The number of fused-ring (bicyclic) bond motifs is 3. The molecule has 0 radical (unpaired) electrons. The minimum absolute atomic E-state index is 0.0207. The van der Waals surface area contributed by atoms with Crippen molar-refractivity contribution in [3.8, 4) is 5.75 Å². The molecule has 0 amide bonds. The Morgan fingerprint density at radius 3 is 2.53 bits per heavy atom. The summed E-state index contributed by atoms with van der Waals surface area (Å²) < 4.78 is 20.6. The van der Waals surface area contributed by atoms with Crippen LogP contribution < -0.4 is 4.74 Å². The van der Waals surface area contributed by atoms with E-state index in [1.54, 1.807) is 24.3 Å². The fourth-order valence-electron chi connectivity index (χ4n) is 3.86. The second-order valence-corrected chi connectivity index (χ2v) is 8.07. The first-order valence-corrected chi connectivity index (χ1v) is 10.1. The standard InChI is InChI=1S/C22H15BrFN3O3/c23-15-5-10-21-18(11-15)20-12-19(13-1-6-16(24)7-2-13)25-26(20)22(30-21)14-3-8-17(9-4-14)27(28)29/h1-11,20,22H,12H2/t20-,22+/m1/s1. The second-order valence-electron chi connectivity index (χ2n) is 7.15. The number of nitro benzene ring substituents is 1. The molecule has 0 unspecified atom stereocenters. The van der Waals surface area contributed by atoms with Crippen LogP contribution in [0.15, 0.2) is 76.3 Å². The first-order valence-electron chi connectivity index (χ1n) is 9.32. The number of halogens is 2. The molecule has 2 aliphatic heterocycles. The molecular weight excluding hydrogens is 453 g/mol. The lowest BCUT2D eigenvalue weighted by atomic mass is 9.96. The maximum Gasteiger partial charge on any atom is 0.269 e. The number of benzene rings is 3. The van der Waals surface area contributed by atoms with Crippen LogP contribution in [-0.2, 0) is 0 Å². The highest BCUT2D eigenvalue weighted by Gasteiger charge is 2.41. The fraction of sp³-hybridized carbons (Fsp3) is 0.136. The van der Waals surface area contributed by atoms with E-state index in [2.05, 4.69) is 15.9 Å². The van der Waals surface area contributed by atoms with Gasteiger partial charge in [0.2, 0.25) is 6.23 Å². The lowest BCUT2D eigenvalue weighted by Crippen LogP contribution is -2.33. The normalized spacial score (nSPS) is 19.5. The first-order chi connectivity index (χ1) is 14.5. The van der Waals surface area contributed by atoms with Gasteiger partial charge in [-0.05, 0) is 48.0 Å². The number of hydrazone groups is 1. The number of hydrogen-bond donors (Lipinski definition) is 0. The van der Waals surface area contributed by atoms with Gasteiger partial charge in [0, 0.05) is 34.2 Å². The monoisotopic (exact) mass is 467 g/mol. The Balaban J connectivity index is 1.57. The zero-order valence-electron chi connectivity index (χ0n) is 15.5. The Labute approximate surface area is 179 Å². The van der Waals surface area contributed by atoms with E-state index in [1.165, 1.54) is 24.3 Å². The molecule has 8 heteroatoms. The van der Waals surface area contributed by atoms with Crippen LogP contribution in [-0.4, -0.2) is 15.6 Å². The van der Waals surface area contributed by atoms with E-state index < -0.39 is 11.2 Å². The van der Waals surface area contributed by atoms with Gasteiger partial charge in [-0.2, -0.15) is 5.10 Å². The van der Waals surface area contributed by atoms with Gasteiger partial charge in [-0.1, -0.05) is 28.1 Å². The third-order valence-electron chi connectivity index (χ3n) is 5.32. The van der Waals surface area contributed by atoms with E-state index in [-0.39, 0.29) is 17.5 Å². The van der Waals surface area contributed by atoms with Crippen molar-refractivity contribution in [1.82, 2.24) is 5.01 Å². The maximum atomic E-state index is 13.4. The molecule has 0 bridgehead atoms. The third-order valence-corrected chi connectivity index (χ3v) is 5.81. The van der Waals surface area contributed by atoms with E-state index in [9.17, 15) is 14.5 Å². The Morgan fingerprint density at radius 2 is 1.83 bits per heavy atom. The molecular formula is C22H15BrFN3O3. The van der Waals surface area contributed by atoms with Gasteiger partial charge >= 0.3 is 0 Å². The summed E-state index contributed by atoms with van der Waals surface area (Å²) in [7, 11) is 0. The first kappa shape index (κ1) is 18.7. The lowest BCUT2D eigenvalue weighted by molar-refractivity contribution is -0.384. The Bertz CT molecular complexity index is 1170. The molecule has 6 nitrogen and oxygen atoms in total. The quantitative estimate of drug-likeness (QED) is 0.363. The van der Waals surface area contributed by atoms with Gasteiger partial charge in [0.15, 0.2) is 0 Å². The predicted molar refractivity (Wildman–Crippen MR) is 113 cm³/mol. The number of nitrogens with zero attached hydrogens (tertiary/aromatic N) is 3. The Kier molecular flexibility index (Phi) is 4.51. The Hall–Kier alpha value is -3.26. The van der Waals surface area contributed by atoms with Crippen molar-refractivity contribution in [3.05, 3.63) is 104 Å². The van der Waals surface area contributed by atoms with Crippen LogP contribution in [0, 0.1) is 15.9 Å². The zero-order chi connectivity index (χ0) is 20.8. The van der Waals surface area contributed by atoms with Crippen LogP contribution in [0.1, 0.15) is 35.4 Å². The topological polar surface area (TPSA) is 68.0 Å². The molecule has 2 heterocycles. The van der Waals surface area contributed by atoms with Gasteiger partial charge in [0.05, 0.1) is 16.7 Å². The molecule has 30 heavy (non-hydrogen) atoms. The van der Waals surface area contributed by atoms with Crippen LogP contribution in [0.3, 0.4) is 0 Å². The average Bonchev–Trinajstić information content (AvgIpc) is 3.19. The molecule has 150 valence electrons. The number of rotatable bonds is 3. The van der Waals surface area contributed by atoms with E-state index in [0.717, 1.165) is 32.6 Å².